The molecule has 0 saturated carbocycles. The second kappa shape index (κ2) is 9.06. The average molecular weight is 570 g/mol. The number of hydrogen-bond acceptors (Lipinski definition) is 6. The van der Waals surface area contributed by atoms with Crippen LogP contribution in [0.25, 0.3) is 38.9 Å². The van der Waals surface area contributed by atoms with E-state index in [0.717, 1.165) is 18.7 Å². The van der Waals surface area contributed by atoms with Crippen LogP contribution in [0, 0.1) is 0 Å². The first-order valence-corrected chi connectivity index (χ1v) is 11.5. The van der Waals surface area contributed by atoms with E-state index in [9.17, 15) is 35.9 Å². The van der Waals surface area contributed by atoms with Gasteiger partial charge in [0.15, 0.2) is 11.6 Å². The normalized spacial score (nSPS) is 12.2. The Balaban J connectivity index is 1.44. The number of anilines is 1. The van der Waals surface area contributed by atoms with E-state index < -0.39 is 52.4 Å². The molecule has 15 heteroatoms. The van der Waals surface area contributed by atoms with E-state index in [-0.39, 0.29) is 11.0 Å². The summed E-state index contributed by atoms with van der Waals surface area (Å²) in [7, 11) is 0. The smallest absolute Gasteiger partial charge is 0.434 e. The molecule has 0 bridgehead atoms. The molecule has 4 aromatic heterocycles. The van der Waals surface area contributed by atoms with Crippen LogP contribution in [0.2, 0.25) is 0 Å². The number of pyridine rings is 1. The number of benzene rings is 2. The van der Waals surface area contributed by atoms with Crippen molar-refractivity contribution < 1.29 is 40.3 Å². The number of aromatic nitrogens is 5. The SMILES string of the molecule is O=C=c1[nH]c2ccc(-n3ncc(C(=O)Nc4cnc(-c5ncco5)c(C(F)(F)F)c4)c3C(F)(F)F)c3cccc1c23. The summed E-state index contributed by atoms with van der Waals surface area (Å²) in [6.07, 6.45) is -6.42. The summed E-state index contributed by atoms with van der Waals surface area (Å²) < 4.78 is 89.6. The van der Waals surface area contributed by atoms with Gasteiger partial charge in [-0.15, -0.1) is 0 Å². The van der Waals surface area contributed by atoms with Gasteiger partial charge >= 0.3 is 12.4 Å². The van der Waals surface area contributed by atoms with Crippen molar-refractivity contribution in [2.24, 2.45) is 0 Å². The van der Waals surface area contributed by atoms with Crippen molar-refractivity contribution in [1.82, 2.24) is 24.7 Å². The van der Waals surface area contributed by atoms with E-state index in [4.69, 9.17) is 4.42 Å². The zero-order valence-electron chi connectivity index (χ0n) is 20.1. The number of rotatable bonds is 4. The van der Waals surface area contributed by atoms with Crippen LogP contribution in [0.1, 0.15) is 21.6 Å². The van der Waals surface area contributed by atoms with Crippen LogP contribution in [0.15, 0.2) is 65.7 Å². The minimum absolute atomic E-state index is 0.0535. The maximum Gasteiger partial charge on any atom is 0.434 e. The Morgan fingerprint density at radius 2 is 1.78 bits per heavy atom. The molecule has 0 atom stereocenters. The second-order valence-corrected chi connectivity index (χ2v) is 8.69. The third-order valence-electron chi connectivity index (χ3n) is 6.25. The molecular formula is C26H12F6N6O3. The predicted octanol–water partition coefficient (Wildman–Crippen LogP) is 5.07. The zero-order chi connectivity index (χ0) is 29.1. The van der Waals surface area contributed by atoms with Gasteiger partial charge in [0.05, 0.1) is 41.1 Å². The second-order valence-electron chi connectivity index (χ2n) is 8.69. The summed E-state index contributed by atoms with van der Waals surface area (Å²) in [5.74, 6) is -0.0634. The predicted molar refractivity (Wildman–Crippen MR) is 131 cm³/mol. The first kappa shape index (κ1) is 25.8. The number of carbonyl (C=O) groups excluding carboxylic acids is 2. The van der Waals surface area contributed by atoms with Crippen LogP contribution in [0.5, 0.6) is 0 Å². The molecule has 206 valence electrons. The van der Waals surface area contributed by atoms with Crippen molar-refractivity contribution in [3.05, 3.63) is 83.4 Å². The number of nitrogens with one attached hydrogen (secondary N) is 2. The highest BCUT2D eigenvalue weighted by Gasteiger charge is 2.41. The van der Waals surface area contributed by atoms with E-state index >= 15 is 0 Å². The molecule has 6 aromatic rings. The molecule has 4 heterocycles. The van der Waals surface area contributed by atoms with E-state index in [2.05, 4.69) is 20.1 Å². The molecule has 0 aliphatic carbocycles. The van der Waals surface area contributed by atoms with Crippen molar-refractivity contribution in [3.63, 3.8) is 0 Å². The Kier molecular flexibility index (Phi) is 5.71. The molecular weight excluding hydrogens is 558 g/mol. The highest BCUT2D eigenvalue weighted by molar-refractivity contribution is 6.13. The van der Waals surface area contributed by atoms with Gasteiger partial charge in [-0.05, 0) is 18.2 Å². The summed E-state index contributed by atoms with van der Waals surface area (Å²) in [5, 5.41) is 7.12. The van der Waals surface area contributed by atoms with Crippen LogP contribution in [0.3, 0.4) is 0 Å². The average Bonchev–Trinajstić information content (AvgIpc) is 3.68. The molecule has 0 spiro atoms. The van der Waals surface area contributed by atoms with E-state index in [1.165, 1.54) is 24.3 Å². The molecule has 0 radical (unpaired) electrons. The summed E-state index contributed by atoms with van der Waals surface area (Å²) in [6.45, 7) is 0. The van der Waals surface area contributed by atoms with Gasteiger partial charge in [-0.2, -0.15) is 31.4 Å². The van der Waals surface area contributed by atoms with Gasteiger partial charge in [0.25, 0.3) is 5.91 Å². The molecule has 2 N–H and O–H groups in total. The van der Waals surface area contributed by atoms with E-state index in [1.807, 2.05) is 5.32 Å². The number of alkyl halides is 6. The van der Waals surface area contributed by atoms with Gasteiger partial charge in [-0.25, -0.2) is 19.4 Å². The van der Waals surface area contributed by atoms with E-state index in [1.54, 1.807) is 12.0 Å². The van der Waals surface area contributed by atoms with Crippen molar-refractivity contribution in [2.45, 2.75) is 12.4 Å². The molecule has 9 nitrogen and oxygen atoms in total. The van der Waals surface area contributed by atoms with Crippen molar-refractivity contribution in [2.75, 3.05) is 5.32 Å². The quantitative estimate of drug-likeness (QED) is 0.286. The molecule has 0 aliphatic heterocycles. The molecule has 0 fully saturated rings. The highest BCUT2D eigenvalue weighted by Crippen LogP contribution is 2.39. The van der Waals surface area contributed by atoms with Crippen molar-refractivity contribution in [3.8, 4) is 17.3 Å². The van der Waals surface area contributed by atoms with Crippen molar-refractivity contribution >= 4 is 39.2 Å². The largest absolute Gasteiger partial charge is 0.443 e. The van der Waals surface area contributed by atoms with Gasteiger partial charge in [0.1, 0.15) is 17.3 Å². The highest BCUT2D eigenvalue weighted by atomic mass is 19.4. The Morgan fingerprint density at radius 3 is 2.46 bits per heavy atom. The van der Waals surface area contributed by atoms with Crippen LogP contribution in [-0.4, -0.2) is 36.6 Å². The van der Waals surface area contributed by atoms with Gasteiger partial charge in [-0.1, -0.05) is 18.2 Å². The fraction of sp³-hybridized carbons (Fsp3) is 0.0769. The fourth-order valence-corrected chi connectivity index (χ4v) is 4.60. The lowest BCUT2D eigenvalue weighted by Crippen LogP contribution is -2.21. The zero-order valence-corrected chi connectivity index (χ0v) is 20.1. The Hall–Kier alpha value is -5.43. The summed E-state index contributed by atoms with van der Waals surface area (Å²) in [4.78, 5) is 34.5. The standard InChI is InChI=1S/C26H12F6N6O3/c27-25(28,29)16-8-12(9-34-21(16)24-33-6-7-41-24)36-23(40)15-10-35-38(22(15)26(30,31)32)19-5-4-17-20-13(18(11-39)37-17)2-1-3-14(19)20/h1-10,37H,(H,36,40). The van der Waals surface area contributed by atoms with Crippen LogP contribution < -0.4 is 10.7 Å². The number of oxazole rings is 1. The molecule has 41 heavy (non-hydrogen) atoms. The topological polar surface area (TPSA) is 119 Å². The van der Waals surface area contributed by atoms with Crippen LogP contribution in [-0.2, 0) is 17.1 Å². The molecule has 1 amide bonds. The molecule has 0 saturated heterocycles. The minimum atomic E-state index is -5.11. The van der Waals surface area contributed by atoms with Gasteiger partial charge < -0.3 is 14.7 Å². The maximum atomic E-state index is 14.4. The van der Waals surface area contributed by atoms with Gasteiger partial charge in [0, 0.05) is 21.7 Å². The first-order valence-electron chi connectivity index (χ1n) is 11.5. The first-order chi connectivity index (χ1) is 19.5. The van der Waals surface area contributed by atoms with Gasteiger partial charge in [0.2, 0.25) is 5.89 Å². The third-order valence-corrected chi connectivity index (χ3v) is 6.25. The van der Waals surface area contributed by atoms with Crippen molar-refractivity contribution in [1.29, 1.82) is 0 Å². The number of amides is 1. The molecule has 0 unspecified atom stereocenters. The Bertz CT molecular complexity index is 2040. The number of hydrogen-bond donors (Lipinski definition) is 2. The lowest BCUT2D eigenvalue weighted by atomic mass is 10.1. The number of halogens is 6. The molecule has 6 rings (SSSR count). The maximum absolute atomic E-state index is 14.4. The van der Waals surface area contributed by atoms with Gasteiger partial charge in [-0.3, -0.25) is 4.79 Å². The number of carbonyl (C=O) groups is 1. The summed E-state index contributed by atoms with van der Waals surface area (Å²) in [5.41, 5.74) is -4.51. The lowest BCUT2D eigenvalue weighted by molar-refractivity contribution is -0.143. The molecule has 0 aliphatic rings. The lowest BCUT2D eigenvalue weighted by Gasteiger charge is -2.15. The monoisotopic (exact) mass is 570 g/mol. The number of aromatic amines is 1. The fourth-order valence-electron chi connectivity index (χ4n) is 4.60. The van der Waals surface area contributed by atoms with E-state index in [0.29, 0.717) is 38.6 Å². The Morgan fingerprint density at radius 1 is 1.00 bits per heavy atom. The van der Waals surface area contributed by atoms with Crippen LogP contribution >= 0.6 is 0 Å². The summed E-state index contributed by atoms with van der Waals surface area (Å²) >= 11 is 0. The van der Waals surface area contributed by atoms with Crippen LogP contribution in [0.4, 0.5) is 32.0 Å². The third kappa shape index (κ3) is 4.28. The Labute approximate surface area is 223 Å². The number of nitrogens with zero attached hydrogens (tertiary/aromatic N) is 4. The number of H-pyrrole nitrogens is 1. The summed E-state index contributed by atoms with van der Waals surface area (Å²) in [6, 6.07) is 7.94. The minimum Gasteiger partial charge on any atom is -0.443 e. The molecule has 2 aromatic carbocycles.